The third-order valence-corrected chi connectivity index (χ3v) is 7.50. The summed E-state index contributed by atoms with van der Waals surface area (Å²) in [5, 5.41) is 12.0. The molecule has 1 unspecified atom stereocenters. The Kier molecular flexibility index (Phi) is 8.49. The number of nitrogens with one attached hydrogen (secondary N) is 1. The summed E-state index contributed by atoms with van der Waals surface area (Å²) in [4.78, 5) is 24.2. The number of nitrogens with zero attached hydrogens (tertiary/aromatic N) is 6. The summed E-state index contributed by atoms with van der Waals surface area (Å²) in [6, 6.07) is 11.5. The van der Waals surface area contributed by atoms with E-state index in [0.29, 0.717) is 29.7 Å². The van der Waals surface area contributed by atoms with Crippen molar-refractivity contribution < 1.29 is 14.3 Å². The molecule has 1 aliphatic rings. The number of rotatable bonds is 9. The van der Waals surface area contributed by atoms with Crippen molar-refractivity contribution in [3.63, 3.8) is 0 Å². The zero-order valence-corrected chi connectivity index (χ0v) is 24.6. The lowest BCUT2D eigenvalue weighted by molar-refractivity contribution is -0.116. The van der Waals surface area contributed by atoms with Crippen molar-refractivity contribution >= 4 is 22.5 Å². The molecule has 10 nitrogen and oxygen atoms in total. The second-order valence-corrected chi connectivity index (χ2v) is 11.6. The second kappa shape index (κ2) is 12.2. The van der Waals surface area contributed by atoms with E-state index in [9.17, 15) is 4.79 Å². The highest BCUT2D eigenvalue weighted by atomic mass is 16.5. The molecule has 1 fully saturated rings. The number of hydrogen-bond acceptors (Lipinski definition) is 8. The Hall–Kier alpha value is -4.05. The molecule has 1 atom stereocenters. The Morgan fingerprint density at radius 2 is 1.93 bits per heavy atom. The Bertz CT molecular complexity index is 1490. The van der Waals surface area contributed by atoms with Gasteiger partial charge in [-0.2, -0.15) is 0 Å². The Morgan fingerprint density at radius 3 is 2.63 bits per heavy atom. The summed E-state index contributed by atoms with van der Waals surface area (Å²) in [7, 11) is 1.65. The number of amides is 1. The lowest BCUT2D eigenvalue weighted by Gasteiger charge is -2.31. The van der Waals surface area contributed by atoms with E-state index in [1.165, 1.54) is 19.4 Å². The summed E-state index contributed by atoms with van der Waals surface area (Å²) >= 11 is 0. The van der Waals surface area contributed by atoms with Gasteiger partial charge in [-0.3, -0.25) is 4.79 Å². The summed E-state index contributed by atoms with van der Waals surface area (Å²) in [6.45, 7) is 12.4. The van der Waals surface area contributed by atoms with Crippen molar-refractivity contribution in [1.29, 1.82) is 0 Å². The molecule has 0 radical (unpaired) electrons. The Labute approximate surface area is 241 Å². The number of piperidine rings is 1. The molecular formula is C31H39N7O3. The molecule has 1 amide bonds. The predicted octanol–water partition coefficient (Wildman–Crippen LogP) is 4.94. The molecule has 0 spiro atoms. The van der Waals surface area contributed by atoms with Gasteiger partial charge in [0.1, 0.15) is 12.9 Å². The van der Waals surface area contributed by atoms with Crippen LogP contribution in [0.1, 0.15) is 46.2 Å². The highest BCUT2D eigenvalue weighted by Crippen LogP contribution is 2.36. The lowest BCUT2D eigenvalue weighted by atomic mass is 9.93. The van der Waals surface area contributed by atoms with Gasteiger partial charge < -0.3 is 19.7 Å². The largest absolute Gasteiger partial charge is 0.493 e. The second-order valence-electron chi connectivity index (χ2n) is 11.6. The molecule has 3 heterocycles. The average molecular weight is 558 g/mol. The van der Waals surface area contributed by atoms with Crippen LogP contribution in [0.2, 0.25) is 0 Å². The molecule has 10 heteroatoms. The molecule has 2 aromatic heterocycles. The van der Waals surface area contributed by atoms with Crippen molar-refractivity contribution in [2.75, 3.05) is 38.7 Å². The lowest BCUT2D eigenvalue weighted by Crippen LogP contribution is -2.37. The first kappa shape index (κ1) is 28.5. The van der Waals surface area contributed by atoms with Crippen molar-refractivity contribution in [1.82, 2.24) is 29.9 Å². The zero-order chi connectivity index (χ0) is 29.0. The number of aromatic nitrogens is 5. The SMILES string of the molecule is CCN1CCCC(COc2cc3ncnc(-c4ccc(NC(=O)Cn5cc(C(C)(C)C)nn5)cc4)c3cc2OC)C1. The van der Waals surface area contributed by atoms with E-state index >= 15 is 0 Å². The van der Waals surface area contributed by atoms with Crippen LogP contribution in [0.3, 0.4) is 0 Å². The smallest absolute Gasteiger partial charge is 0.246 e. The minimum atomic E-state index is -0.177. The van der Waals surface area contributed by atoms with E-state index in [-0.39, 0.29) is 17.9 Å². The van der Waals surface area contributed by atoms with Gasteiger partial charge in [-0.1, -0.05) is 45.0 Å². The van der Waals surface area contributed by atoms with Crippen LogP contribution in [0.4, 0.5) is 5.69 Å². The molecular weight excluding hydrogens is 518 g/mol. The number of carbonyl (C=O) groups is 1. The van der Waals surface area contributed by atoms with Crippen LogP contribution in [0.15, 0.2) is 48.9 Å². The molecule has 216 valence electrons. The predicted molar refractivity (Wildman–Crippen MR) is 159 cm³/mol. The first-order valence-electron chi connectivity index (χ1n) is 14.2. The molecule has 2 aromatic carbocycles. The molecule has 5 rings (SSSR count). The number of hydrogen-bond donors (Lipinski definition) is 1. The van der Waals surface area contributed by atoms with Crippen LogP contribution < -0.4 is 14.8 Å². The van der Waals surface area contributed by atoms with Gasteiger partial charge in [0.25, 0.3) is 0 Å². The number of likely N-dealkylation sites (tertiary alicyclic amines) is 1. The van der Waals surface area contributed by atoms with Gasteiger partial charge in [0.05, 0.1) is 30.6 Å². The van der Waals surface area contributed by atoms with Crippen LogP contribution >= 0.6 is 0 Å². The van der Waals surface area contributed by atoms with E-state index in [0.717, 1.165) is 40.9 Å². The number of benzene rings is 2. The van der Waals surface area contributed by atoms with Crippen molar-refractivity contribution in [2.24, 2.45) is 5.92 Å². The fourth-order valence-corrected chi connectivity index (χ4v) is 5.13. The summed E-state index contributed by atoms with van der Waals surface area (Å²) in [6.07, 6.45) is 5.75. The highest BCUT2D eigenvalue weighted by Gasteiger charge is 2.21. The third-order valence-electron chi connectivity index (χ3n) is 7.50. The Morgan fingerprint density at radius 1 is 1.12 bits per heavy atom. The topological polar surface area (TPSA) is 107 Å². The van der Waals surface area contributed by atoms with Gasteiger partial charge in [-0.25, -0.2) is 14.6 Å². The molecule has 1 N–H and O–H groups in total. The Balaban J connectivity index is 1.28. The fraction of sp³-hybridized carbons (Fsp3) is 0.452. The highest BCUT2D eigenvalue weighted by molar-refractivity contribution is 5.95. The van der Waals surface area contributed by atoms with Crippen LogP contribution in [-0.2, 0) is 16.8 Å². The summed E-state index contributed by atoms with van der Waals surface area (Å²) in [5.41, 5.74) is 3.87. The van der Waals surface area contributed by atoms with Gasteiger partial charge >= 0.3 is 0 Å². The van der Waals surface area contributed by atoms with Crippen LogP contribution in [0.5, 0.6) is 11.5 Å². The molecule has 4 aromatic rings. The number of carbonyl (C=O) groups excluding carboxylic acids is 1. The molecule has 1 saturated heterocycles. The van der Waals surface area contributed by atoms with Crippen molar-refractivity contribution in [3.05, 3.63) is 54.6 Å². The van der Waals surface area contributed by atoms with Crippen LogP contribution in [0, 0.1) is 5.92 Å². The van der Waals surface area contributed by atoms with Crippen molar-refractivity contribution in [3.8, 4) is 22.8 Å². The fourth-order valence-electron chi connectivity index (χ4n) is 5.13. The van der Waals surface area contributed by atoms with Gasteiger partial charge in [-0.15, -0.1) is 5.10 Å². The van der Waals surface area contributed by atoms with E-state index in [1.807, 2.05) is 42.6 Å². The minimum Gasteiger partial charge on any atom is -0.493 e. The maximum atomic E-state index is 12.6. The van der Waals surface area contributed by atoms with Gasteiger partial charge in [0.15, 0.2) is 11.5 Å². The first-order chi connectivity index (χ1) is 19.7. The van der Waals surface area contributed by atoms with E-state index in [2.05, 4.69) is 58.2 Å². The summed E-state index contributed by atoms with van der Waals surface area (Å²) in [5.74, 6) is 1.67. The molecule has 1 aliphatic heterocycles. The molecule has 41 heavy (non-hydrogen) atoms. The zero-order valence-electron chi connectivity index (χ0n) is 24.6. The molecule has 0 aliphatic carbocycles. The minimum absolute atomic E-state index is 0.0865. The standard InChI is InChI=1S/C31H39N7O3/c1-6-37-13-7-8-21(16-37)19-41-27-15-25-24(14-26(27)40-5)30(33-20-32-25)22-9-11-23(12-10-22)34-29(39)18-38-17-28(35-36-38)31(2,3)4/h9-12,14-15,17,20-21H,6-8,13,16,18-19H2,1-5H3,(H,34,39). The van der Waals surface area contributed by atoms with Crippen LogP contribution in [0.25, 0.3) is 22.2 Å². The number of fused-ring (bicyclic) bond motifs is 1. The molecule has 0 bridgehead atoms. The third kappa shape index (κ3) is 6.82. The maximum absolute atomic E-state index is 12.6. The molecule has 0 saturated carbocycles. The summed E-state index contributed by atoms with van der Waals surface area (Å²) < 4.78 is 13.5. The van der Waals surface area contributed by atoms with Crippen molar-refractivity contribution in [2.45, 2.75) is 52.5 Å². The maximum Gasteiger partial charge on any atom is 0.246 e. The van der Waals surface area contributed by atoms with E-state index in [1.54, 1.807) is 18.1 Å². The van der Waals surface area contributed by atoms with Gasteiger partial charge in [0, 0.05) is 46.8 Å². The quantitative estimate of drug-likeness (QED) is 0.308. The first-order valence-corrected chi connectivity index (χ1v) is 14.2. The average Bonchev–Trinajstić information content (AvgIpc) is 3.45. The normalized spacial score (nSPS) is 16.1. The number of methoxy groups -OCH3 is 1. The number of ether oxygens (including phenoxy) is 2. The van der Waals surface area contributed by atoms with Gasteiger partial charge in [0.2, 0.25) is 5.91 Å². The monoisotopic (exact) mass is 557 g/mol. The van der Waals surface area contributed by atoms with E-state index in [4.69, 9.17) is 9.47 Å². The van der Waals surface area contributed by atoms with E-state index < -0.39 is 0 Å². The van der Waals surface area contributed by atoms with Gasteiger partial charge in [-0.05, 0) is 44.1 Å². The van der Waals surface area contributed by atoms with Crippen LogP contribution in [-0.4, -0.2) is 69.1 Å². The number of anilines is 1.